The highest BCUT2D eigenvalue weighted by Crippen LogP contribution is 2.22. The molecule has 1 aromatic heterocycles. The minimum absolute atomic E-state index is 0.687. The largest absolute Gasteiger partial charge is 0.384 e. The van der Waals surface area contributed by atoms with Crippen molar-refractivity contribution in [1.82, 2.24) is 4.98 Å². The second-order valence-corrected chi connectivity index (χ2v) is 4.36. The van der Waals surface area contributed by atoms with Crippen molar-refractivity contribution in [3.8, 4) is 11.1 Å². The minimum atomic E-state index is -0.880. The van der Waals surface area contributed by atoms with Crippen LogP contribution in [0.1, 0.15) is 19.5 Å². The summed E-state index contributed by atoms with van der Waals surface area (Å²) >= 11 is 0. The molecule has 0 bridgehead atoms. The monoisotopic (exact) mass is 213 g/mol. The van der Waals surface area contributed by atoms with Gasteiger partial charge in [-0.2, -0.15) is 0 Å². The van der Waals surface area contributed by atoms with E-state index in [0.717, 1.165) is 11.1 Å². The van der Waals surface area contributed by atoms with Crippen LogP contribution in [0.2, 0.25) is 0 Å². The summed E-state index contributed by atoms with van der Waals surface area (Å²) in [7, 11) is 0. The predicted molar refractivity (Wildman–Crippen MR) is 64.9 cm³/mol. The molecule has 0 aliphatic rings. The maximum atomic E-state index is 9.79. The molecule has 2 rings (SSSR count). The molecule has 0 aliphatic heterocycles. The highest BCUT2D eigenvalue weighted by atomic mass is 16.3. The molecular formula is C14H15NO. The summed E-state index contributed by atoms with van der Waals surface area (Å²) in [6.07, 6.45) is 1.79. The zero-order chi connectivity index (χ0) is 11.6. The Hall–Kier alpha value is -1.67. The highest BCUT2D eigenvalue weighted by molar-refractivity contribution is 5.62. The minimum Gasteiger partial charge on any atom is -0.384 e. The van der Waals surface area contributed by atoms with Gasteiger partial charge in [-0.05, 0) is 25.5 Å². The molecule has 1 aromatic carbocycles. The SMILES string of the molecule is CC(C)(O)c1ccc(-c2ccccc2)cn1. The van der Waals surface area contributed by atoms with E-state index in [1.54, 1.807) is 20.0 Å². The molecule has 0 amide bonds. The molecule has 2 aromatic rings. The van der Waals surface area contributed by atoms with Crippen LogP contribution in [0.4, 0.5) is 0 Å². The van der Waals surface area contributed by atoms with Crippen molar-refractivity contribution in [2.45, 2.75) is 19.4 Å². The average Bonchev–Trinajstić information content (AvgIpc) is 2.29. The fraction of sp³-hybridized carbons (Fsp3) is 0.214. The van der Waals surface area contributed by atoms with Gasteiger partial charge in [-0.3, -0.25) is 4.98 Å². The van der Waals surface area contributed by atoms with Gasteiger partial charge in [-0.1, -0.05) is 36.4 Å². The van der Waals surface area contributed by atoms with Gasteiger partial charge in [-0.25, -0.2) is 0 Å². The Morgan fingerprint density at radius 1 is 0.938 bits per heavy atom. The van der Waals surface area contributed by atoms with Crippen LogP contribution >= 0.6 is 0 Å². The summed E-state index contributed by atoms with van der Waals surface area (Å²) in [5.74, 6) is 0. The number of benzene rings is 1. The summed E-state index contributed by atoms with van der Waals surface area (Å²) in [6.45, 7) is 3.47. The molecule has 0 fully saturated rings. The van der Waals surface area contributed by atoms with Gasteiger partial charge < -0.3 is 5.11 Å². The number of hydrogen-bond donors (Lipinski definition) is 1. The standard InChI is InChI=1S/C14H15NO/c1-14(2,16)13-9-8-12(10-15-13)11-6-4-3-5-7-11/h3-10,16H,1-2H3. The van der Waals surface area contributed by atoms with Crippen LogP contribution in [0.25, 0.3) is 11.1 Å². The van der Waals surface area contributed by atoms with Gasteiger partial charge in [0.2, 0.25) is 0 Å². The molecule has 2 heteroatoms. The van der Waals surface area contributed by atoms with E-state index in [2.05, 4.69) is 4.98 Å². The van der Waals surface area contributed by atoms with Crippen molar-refractivity contribution in [1.29, 1.82) is 0 Å². The third-order valence-electron chi connectivity index (χ3n) is 2.50. The molecule has 16 heavy (non-hydrogen) atoms. The van der Waals surface area contributed by atoms with E-state index in [0.29, 0.717) is 5.69 Å². The molecule has 0 aliphatic carbocycles. The lowest BCUT2D eigenvalue weighted by Crippen LogP contribution is -2.17. The van der Waals surface area contributed by atoms with Crippen molar-refractivity contribution in [2.24, 2.45) is 0 Å². The van der Waals surface area contributed by atoms with Crippen LogP contribution < -0.4 is 0 Å². The summed E-state index contributed by atoms with van der Waals surface area (Å²) in [5.41, 5.74) is 2.01. The van der Waals surface area contributed by atoms with Crippen molar-refractivity contribution in [3.63, 3.8) is 0 Å². The van der Waals surface area contributed by atoms with Gasteiger partial charge in [0.05, 0.1) is 5.69 Å². The molecule has 0 radical (unpaired) electrons. The van der Waals surface area contributed by atoms with Gasteiger partial charge in [0.15, 0.2) is 0 Å². The Bertz CT molecular complexity index is 454. The van der Waals surface area contributed by atoms with Crippen LogP contribution in [-0.2, 0) is 5.60 Å². The van der Waals surface area contributed by atoms with Crippen LogP contribution in [-0.4, -0.2) is 10.1 Å². The number of hydrogen-bond acceptors (Lipinski definition) is 2. The zero-order valence-corrected chi connectivity index (χ0v) is 9.51. The van der Waals surface area contributed by atoms with Gasteiger partial charge in [-0.15, -0.1) is 0 Å². The second kappa shape index (κ2) is 4.06. The molecule has 0 spiro atoms. The number of rotatable bonds is 2. The number of nitrogens with zero attached hydrogens (tertiary/aromatic N) is 1. The van der Waals surface area contributed by atoms with Gasteiger partial charge in [0.1, 0.15) is 5.60 Å². The molecule has 82 valence electrons. The predicted octanol–water partition coefficient (Wildman–Crippen LogP) is 2.98. The Balaban J connectivity index is 2.34. The summed E-state index contributed by atoms with van der Waals surface area (Å²) in [4.78, 5) is 4.28. The van der Waals surface area contributed by atoms with E-state index in [9.17, 15) is 5.11 Å². The Morgan fingerprint density at radius 3 is 2.12 bits per heavy atom. The summed E-state index contributed by atoms with van der Waals surface area (Å²) < 4.78 is 0. The van der Waals surface area contributed by atoms with E-state index in [1.807, 2.05) is 42.5 Å². The second-order valence-electron chi connectivity index (χ2n) is 4.36. The maximum absolute atomic E-state index is 9.79. The maximum Gasteiger partial charge on any atom is 0.101 e. The van der Waals surface area contributed by atoms with Crippen LogP contribution in [0, 0.1) is 0 Å². The van der Waals surface area contributed by atoms with Crippen LogP contribution in [0.3, 0.4) is 0 Å². The molecule has 2 nitrogen and oxygen atoms in total. The molecular weight excluding hydrogens is 198 g/mol. The lowest BCUT2D eigenvalue weighted by molar-refractivity contribution is 0.0739. The molecule has 1 N–H and O–H groups in total. The first-order valence-corrected chi connectivity index (χ1v) is 5.32. The molecule has 0 unspecified atom stereocenters. The topological polar surface area (TPSA) is 33.1 Å². The van der Waals surface area contributed by atoms with E-state index in [1.165, 1.54) is 0 Å². The third kappa shape index (κ3) is 2.28. The fourth-order valence-corrected chi connectivity index (χ4v) is 1.56. The molecule has 0 atom stereocenters. The number of pyridine rings is 1. The number of aliphatic hydroxyl groups is 1. The highest BCUT2D eigenvalue weighted by Gasteiger charge is 2.16. The number of aromatic nitrogens is 1. The average molecular weight is 213 g/mol. The van der Waals surface area contributed by atoms with Gasteiger partial charge >= 0.3 is 0 Å². The molecule has 0 saturated carbocycles. The smallest absolute Gasteiger partial charge is 0.101 e. The van der Waals surface area contributed by atoms with E-state index in [-0.39, 0.29) is 0 Å². The van der Waals surface area contributed by atoms with Crippen molar-refractivity contribution in [2.75, 3.05) is 0 Å². The first kappa shape index (κ1) is 10.8. The molecule has 1 heterocycles. The first-order chi connectivity index (χ1) is 7.57. The van der Waals surface area contributed by atoms with Crippen LogP contribution in [0.5, 0.6) is 0 Å². The van der Waals surface area contributed by atoms with Crippen LogP contribution in [0.15, 0.2) is 48.7 Å². The fourth-order valence-electron chi connectivity index (χ4n) is 1.56. The lowest BCUT2D eigenvalue weighted by atomic mass is 10.0. The Labute approximate surface area is 95.6 Å². The normalized spacial score (nSPS) is 11.4. The van der Waals surface area contributed by atoms with E-state index in [4.69, 9.17) is 0 Å². The van der Waals surface area contributed by atoms with E-state index >= 15 is 0 Å². The Kier molecular flexibility index (Phi) is 2.75. The Morgan fingerprint density at radius 2 is 1.62 bits per heavy atom. The lowest BCUT2D eigenvalue weighted by Gasteiger charge is -2.16. The first-order valence-electron chi connectivity index (χ1n) is 5.32. The summed E-state index contributed by atoms with van der Waals surface area (Å²) in [5, 5.41) is 9.79. The summed E-state index contributed by atoms with van der Waals surface area (Å²) in [6, 6.07) is 13.9. The zero-order valence-electron chi connectivity index (χ0n) is 9.51. The van der Waals surface area contributed by atoms with Crippen molar-refractivity contribution in [3.05, 3.63) is 54.4 Å². The van der Waals surface area contributed by atoms with E-state index < -0.39 is 5.60 Å². The van der Waals surface area contributed by atoms with Gasteiger partial charge in [0, 0.05) is 11.8 Å². The quantitative estimate of drug-likeness (QED) is 0.832. The molecule has 0 saturated heterocycles. The van der Waals surface area contributed by atoms with Crippen molar-refractivity contribution >= 4 is 0 Å². The third-order valence-corrected chi connectivity index (χ3v) is 2.50. The van der Waals surface area contributed by atoms with Gasteiger partial charge in [0.25, 0.3) is 0 Å². The van der Waals surface area contributed by atoms with Crippen molar-refractivity contribution < 1.29 is 5.11 Å².